The molecule has 0 aromatic heterocycles. The van der Waals surface area contributed by atoms with Gasteiger partial charge in [0.05, 0.1) is 0 Å². The predicted molar refractivity (Wildman–Crippen MR) is 67.1 cm³/mol. The zero-order valence-corrected chi connectivity index (χ0v) is 11.5. The summed E-state index contributed by atoms with van der Waals surface area (Å²) < 4.78 is 25.7. The third kappa shape index (κ3) is 2.37. The van der Waals surface area contributed by atoms with Crippen LogP contribution in [0.1, 0.15) is 53.4 Å². The zero-order valence-electron chi connectivity index (χ0n) is 11.5. The second kappa shape index (κ2) is 4.51. The summed E-state index contributed by atoms with van der Waals surface area (Å²) in [4.78, 5) is 0. The molecule has 0 N–H and O–H groups in total. The minimum absolute atomic E-state index is 0.0362. The van der Waals surface area contributed by atoms with Crippen molar-refractivity contribution in [3.05, 3.63) is 0 Å². The van der Waals surface area contributed by atoms with Gasteiger partial charge in [0.15, 0.2) is 0 Å². The summed E-state index contributed by atoms with van der Waals surface area (Å²) in [6.07, 6.45) is 1.98. The molecule has 1 spiro atoms. The molecular formula is C15H26F2. The van der Waals surface area contributed by atoms with Crippen LogP contribution in [-0.2, 0) is 0 Å². The lowest BCUT2D eigenvalue weighted by molar-refractivity contribution is 0.0473. The number of halogens is 2. The summed E-state index contributed by atoms with van der Waals surface area (Å²) in [5.74, 6) is 2.46. The second-order valence-corrected chi connectivity index (χ2v) is 7.07. The Bertz CT molecular complexity index is 272. The quantitative estimate of drug-likeness (QED) is 0.656. The van der Waals surface area contributed by atoms with Gasteiger partial charge in [0.2, 0.25) is 6.43 Å². The van der Waals surface area contributed by atoms with Crippen molar-refractivity contribution in [1.82, 2.24) is 0 Å². The molecule has 0 aliphatic heterocycles. The first-order valence-electron chi connectivity index (χ1n) is 7.15. The van der Waals surface area contributed by atoms with E-state index >= 15 is 0 Å². The Hall–Kier alpha value is -0.140. The fraction of sp³-hybridized carbons (Fsp3) is 1.00. The Morgan fingerprint density at radius 1 is 0.941 bits per heavy atom. The number of rotatable bonds is 3. The molecule has 2 aliphatic rings. The van der Waals surface area contributed by atoms with E-state index in [0.717, 1.165) is 25.2 Å². The van der Waals surface area contributed by atoms with Crippen LogP contribution in [0.2, 0.25) is 0 Å². The van der Waals surface area contributed by atoms with Crippen LogP contribution in [0, 0.1) is 35.0 Å². The maximum Gasteiger partial charge on any atom is 0.241 e. The third-order valence-electron chi connectivity index (χ3n) is 5.44. The number of hydrogen-bond acceptors (Lipinski definition) is 0. The number of alkyl halides is 2. The SMILES string of the molecule is CC(C)C1CCC2(CC1C(C)C)CC2C(F)F. The molecule has 2 rings (SSSR count). The molecule has 2 saturated carbocycles. The van der Waals surface area contributed by atoms with Crippen molar-refractivity contribution >= 4 is 0 Å². The molecule has 100 valence electrons. The summed E-state index contributed by atoms with van der Waals surface area (Å²) in [5, 5.41) is 0. The molecule has 0 amide bonds. The Labute approximate surface area is 104 Å². The lowest BCUT2D eigenvalue weighted by atomic mass is 9.64. The first-order valence-corrected chi connectivity index (χ1v) is 7.15. The van der Waals surface area contributed by atoms with E-state index in [4.69, 9.17) is 0 Å². The predicted octanol–water partition coefficient (Wildman–Crippen LogP) is 4.99. The van der Waals surface area contributed by atoms with Crippen molar-refractivity contribution in [3.63, 3.8) is 0 Å². The van der Waals surface area contributed by atoms with Gasteiger partial charge < -0.3 is 0 Å². The second-order valence-electron chi connectivity index (χ2n) is 7.07. The first-order chi connectivity index (χ1) is 7.87. The maximum atomic E-state index is 12.8. The van der Waals surface area contributed by atoms with Crippen molar-refractivity contribution in [3.8, 4) is 0 Å². The van der Waals surface area contributed by atoms with Gasteiger partial charge in [-0.3, -0.25) is 0 Å². The van der Waals surface area contributed by atoms with Gasteiger partial charge in [-0.15, -0.1) is 0 Å². The van der Waals surface area contributed by atoms with Crippen molar-refractivity contribution < 1.29 is 8.78 Å². The molecule has 17 heavy (non-hydrogen) atoms. The molecule has 2 fully saturated rings. The summed E-state index contributed by atoms with van der Waals surface area (Å²) in [6, 6.07) is 0. The Kier molecular flexibility index (Phi) is 3.53. The largest absolute Gasteiger partial charge is 0.241 e. The van der Waals surface area contributed by atoms with Crippen LogP contribution >= 0.6 is 0 Å². The molecule has 0 aromatic rings. The summed E-state index contributed by atoms with van der Waals surface area (Å²) in [5.41, 5.74) is 0.0362. The highest BCUT2D eigenvalue weighted by Gasteiger charge is 2.61. The van der Waals surface area contributed by atoms with Crippen LogP contribution < -0.4 is 0 Å². The Balaban J connectivity index is 2.06. The summed E-state index contributed by atoms with van der Waals surface area (Å²) in [7, 11) is 0. The van der Waals surface area contributed by atoms with Gasteiger partial charge >= 0.3 is 0 Å². The highest BCUT2D eigenvalue weighted by Crippen LogP contribution is 2.66. The van der Waals surface area contributed by atoms with Gasteiger partial charge in [-0.25, -0.2) is 8.78 Å². The zero-order chi connectivity index (χ0) is 12.8. The van der Waals surface area contributed by atoms with E-state index in [1.165, 1.54) is 6.42 Å². The fourth-order valence-corrected chi connectivity index (χ4v) is 4.21. The van der Waals surface area contributed by atoms with Gasteiger partial charge in [-0.2, -0.15) is 0 Å². The third-order valence-corrected chi connectivity index (χ3v) is 5.44. The topological polar surface area (TPSA) is 0 Å². The van der Waals surface area contributed by atoms with Crippen LogP contribution in [0.15, 0.2) is 0 Å². The van der Waals surface area contributed by atoms with Crippen molar-refractivity contribution in [2.75, 3.05) is 0 Å². The van der Waals surface area contributed by atoms with Crippen molar-refractivity contribution in [2.45, 2.75) is 59.8 Å². The highest BCUT2D eigenvalue weighted by atomic mass is 19.3. The summed E-state index contributed by atoms with van der Waals surface area (Å²) in [6.45, 7) is 9.10. The summed E-state index contributed by atoms with van der Waals surface area (Å²) >= 11 is 0. The molecule has 2 aliphatic carbocycles. The van der Waals surface area contributed by atoms with Gasteiger partial charge in [0, 0.05) is 5.92 Å². The molecule has 0 heterocycles. The molecule has 0 radical (unpaired) electrons. The Morgan fingerprint density at radius 3 is 1.94 bits per heavy atom. The van der Waals surface area contributed by atoms with E-state index in [1.807, 2.05) is 0 Å². The maximum absolute atomic E-state index is 12.8. The monoisotopic (exact) mass is 244 g/mol. The molecule has 0 bridgehead atoms. The minimum Gasteiger partial charge on any atom is -0.210 e. The molecule has 0 aromatic carbocycles. The van der Waals surface area contributed by atoms with Crippen LogP contribution in [0.4, 0.5) is 8.78 Å². The normalized spacial score (nSPS) is 41.8. The average molecular weight is 244 g/mol. The molecule has 0 nitrogen and oxygen atoms in total. The Morgan fingerprint density at radius 2 is 1.53 bits per heavy atom. The molecule has 2 heteroatoms. The van der Waals surface area contributed by atoms with Crippen LogP contribution in [0.3, 0.4) is 0 Å². The first kappa shape index (κ1) is 13.3. The lowest BCUT2D eigenvalue weighted by Crippen LogP contribution is -2.33. The smallest absolute Gasteiger partial charge is 0.210 e. The lowest BCUT2D eigenvalue weighted by Gasteiger charge is -2.41. The standard InChI is InChI=1S/C15H26F2/c1-9(2)11-5-6-15(7-12(11)10(3)4)8-13(15)14(16)17/h9-14H,5-8H2,1-4H3. The molecule has 4 unspecified atom stereocenters. The molecular weight excluding hydrogens is 218 g/mol. The van der Waals surface area contributed by atoms with E-state index in [1.54, 1.807) is 0 Å². The highest BCUT2D eigenvalue weighted by molar-refractivity contribution is 5.07. The van der Waals surface area contributed by atoms with E-state index in [0.29, 0.717) is 17.8 Å². The minimum atomic E-state index is -2.08. The van der Waals surface area contributed by atoms with Crippen LogP contribution in [0.5, 0.6) is 0 Å². The van der Waals surface area contributed by atoms with Crippen molar-refractivity contribution in [2.24, 2.45) is 35.0 Å². The van der Waals surface area contributed by atoms with Crippen LogP contribution in [0.25, 0.3) is 0 Å². The van der Waals surface area contributed by atoms with Gasteiger partial charge in [-0.05, 0) is 54.8 Å². The van der Waals surface area contributed by atoms with E-state index < -0.39 is 6.43 Å². The van der Waals surface area contributed by atoms with Gasteiger partial charge in [-0.1, -0.05) is 27.7 Å². The van der Waals surface area contributed by atoms with Crippen LogP contribution in [-0.4, -0.2) is 6.43 Å². The fourth-order valence-electron chi connectivity index (χ4n) is 4.21. The van der Waals surface area contributed by atoms with E-state index in [9.17, 15) is 8.78 Å². The molecule has 0 saturated heterocycles. The van der Waals surface area contributed by atoms with Gasteiger partial charge in [0.1, 0.15) is 0 Å². The van der Waals surface area contributed by atoms with Gasteiger partial charge in [0.25, 0.3) is 0 Å². The average Bonchev–Trinajstić information content (AvgIpc) is 2.92. The molecule has 4 atom stereocenters. The number of hydrogen-bond donors (Lipinski definition) is 0. The van der Waals surface area contributed by atoms with Crippen molar-refractivity contribution in [1.29, 1.82) is 0 Å². The van der Waals surface area contributed by atoms with E-state index in [-0.39, 0.29) is 11.3 Å². The van der Waals surface area contributed by atoms with E-state index in [2.05, 4.69) is 27.7 Å².